The molecular weight excluding hydrogens is 286 g/mol. The van der Waals surface area contributed by atoms with Crippen LogP contribution in [0.15, 0.2) is 11.5 Å². The van der Waals surface area contributed by atoms with E-state index in [0.717, 1.165) is 19.3 Å². The van der Waals surface area contributed by atoms with Gasteiger partial charge in [-0.3, -0.25) is 4.79 Å². The van der Waals surface area contributed by atoms with Crippen LogP contribution in [0, 0.1) is 11.3 Å². The molecule has 5 heteroatoms. The largest absolute Gasteiger partial charge is 0.459 e. The lowest BCUT2D eigenvalue weighted by atomic mass is 9.67. The molecule has 2 aliphatic rings. The molecule has 118 valence electrons. The zero-order valence-corrected chi connectivity index (χ0v) is 13.9. The van der Waals surface area contributed by atoms with E-state index in [4.69, 9.17) is 4.74 Å². The number of nitrogens with one attached hydrogen (secondary N) is 1. The van der Waals surface area contributed by atoms with E-state index < -0.39 is 0 Å². The first-order chi connectivity index (χ1) is 9.89. The summed E-state index contributed by atoms with van der Waals surface area (Å²) in [5.74, 6) is 0.400. The van der Waals surface area contributed by atoms with Gasteiger partial charge in [-0.15, -0.1) is 11.8 Å². The van der Waals surface area contributed by atoms with Gasteiger partial charge in [-0.05, 0) is 42.4 Å². The number of carbonyl (C=O) groups is 2. The topological polar surface area (TPSA) is 55.4 Å². The van der Waals surface area contributed by atoms with Crippen molar-refractivity contribution < 1.29 is 14.3 Å². The van der Waals surface area contributed by atoms with Crippen molar-refractivity contribution in [3.8, 4) is 0 Å². The van der Waals surface area contributed by atoms with E-state index in [0.29, 0.717) is 12.3 Å². The number of ether oxygens (including phenoxy) is 1. The zero-order chi connectivity index (χ0) is 15.5. The molecule has 1 aliphatic carbocycles. The van der Waals surface area contributed by atoms with Gasteiger partial charge in [0.05, 0.1) is 11.8 Å². The van der Waals surface area contributed by atoms with Crippen LogP contribution < -0.4 is 5.32 Å². The van der Waals surface area contributed by atoms with Crippen LogP contribution in [0.4, 0.5) is 0 Å². The maximum atomic E-state index is 11.8. The Hall–Kier alpha value is -0.970. The lowest BCUT2D eigenvalue weighted by Gasteiger charge is -2.40. The lowest BCUT2D eigenvalue weighted by Crippen LogP contribution is -2.45. The summed E-state index contributed by atoms with van der Waals surface area (Å²) in [7, 11) is 0. The zero-order valence-electron chi connectivity index (χ0n) is 13.1. The second-order valence-electron chi connectivity index (χ2n) is 6.66. The van der Waals surface area contributed by atoms with Gasteiger partial charge in [-0.25, -0.2) is 4.79 Å². The van der Waals surface area contributed by atoms with Crippen molar-refractivity contribution in [3.63, 3.8) is 0 Å². The second kappa shape index (κ2) is 6.86. The summed E-state index contributed by atoms with van der Waals surface area (Å²) < 4.78 is 5.57. The molecule has 1 saturated carbocycles. The van der Waals surface area contributed by atoms with Gasteiger partial charge in [0.25, 0.3) is 0 Å². The fourth-order valence-electron chi connectivity index (χ4n) is 2.88. The third-order valence-electron chi connectivity index (χ3n) is 4.78. The average molecular weight is 311 g/mol. The molecule has 0 aromatic heterocycles. The summed E-state index contributed by atoms with van der Waals surface area (Å²) in [6.07, 6.45) is 6.29. The van der Waals surface area contributed by atoms with Crippen LogP contribution in [0.2, 0.25) is 0 Å². The molecule has 0 spiro atoms. The van der Waals surface area contributed by atoms with E-state index in [1.165, 1.54) is 24.3 Å². The van der Waals surface area contributed by atoms with Crippen molar-refractivity contribution in [1.82, 2.24) is 5.32 Å². The van der Waals surface area contributed by atoms with Gasteiger partial charge >= 0.3 is 5.97 Å². The maximum Gasteiger partial charge on any atom is 0.331 e. The molecule has 1 heterocycles. The molecule has 1 N–H and O–H groups in total. The first-order valence-corrected chi connectivity index (χ1v) is 8.65. The van der Waals surface area contributed by atoms with Gasteiger partial charge in [0.2, 0.25) is 5.91 Å². The van der Waals surface area contributed by atoms with Crippen LogP contribution in [-0.4, -0.2) is 23.4 Å². The van der Waals surface area contributed by atoms with E-state index >= 15 is 0 Å². The van der Waals surface area contributed by atoms with Crippen LogP contribution in [-0.2, 0) is 14.3 Å². The van der Waals surface area contributed by atoms with E-state index in [1.807, 2.05) is 0 Å². The minimum Gasteiger partial charge on any atom is -0.459 e. The molecule has 0 aromatic carbocycles. The van der Waals surface area contributed by atoms with Crippen LogP contribution in [0.25, 0.3) is 0 Å². The molecule has 21 heavy (non-hydrogen) atoms. The fraction of sp³-hybridized carbons (Fsp3) is 0.750. The van der Waals surface area contributed by atoms with Crippen LogP contribution >= 0.6 is 11.8 Å². The molecule has 0 unspecified atom stereocenters. The van der Waals surface area contributed by atoms with Crippen LogP contribution in [0.1, 0.15) is 52.9 Å². The van der Waals surface area contributed by atoms with Crippen molar-refractivity contribution >= 4 is 23.6 Å². The highest BCUT2D eigenvalue weighted by molar-refractivity contribution is 8.02. The number of β-lactam (4-membered cyclic amide) rings is 1. The molecule has 2 rings (SSSR count). The maximum absolute atomic E-state index is 11.8. The predicted molar refractivity (Wildman–Crippen MR) is 84.6 cm³/mol. The van der Waals surface area contributed by atoms with Gasteiger partial charge in [0, 0.05) is 6.08 Å². The summed E-state index contributed by atoms with van der Waals surface area (Å²) in [5, 5.41) is 4.57. The fourth-order valence-corrected chi connectivity index (χ4v) is 3.71. The summed E-state index contributed by atoms with van der Waals surface area (Å²) in [6, 6.07) is 0. The second-order valence-corrected chi connectivity index (χ2v) is 7.78. The minimum atomic E-state index is -0.272. The number of thioether (sulfide) groups is 1. The van der Waals surface area contributed by atoms with Crippen molar-refractivity contribution in [2.24, 2.45) is 11.3 Å². The van der Waals surface area contributed by atoms with Gasteiger partial charge in [0.1, 0.15) is 6.10 Å². The van der Waals surface area contributed by atoms with E-state index in [9.17, 15) is 9.59 Å². The quantitative estimate of drug-likeness (QED) is 0.481. The monoisotopic (exact) mass is 311 g/mol. The summed E-state index contributed by atoms with van der Waals surface area (Å²) in [5.41, 5.74) is 0.276. The first kappa shape index (κ1) is 16.4. The molecule has 0 radical (unpaired) electrons. The Kier molecular flexibility index (Phi) is 5.36. The van der Waals surface area contributed by atoms with E-state index in [-0.39, 0.29) is 28.8 Å². The molecule has 1 amide bonds. The van der Waals surface area contributed by atoms with Crippen molar-refractivity contribution in [3.05, 3.63) is 11.5 Å². The number of hydrogen-bond donors (Lipinski definition) is 1. The third-order valence-corrected chi connectivity index (χ3v) is 5.69. The Morgan fingerprint density at radius 2 is 2.24 bits per heavy atom. The number of carbonyl (C=O) groups excluding carboxylic acids is 2. The molecule has 0 bridgehead atoms. The highest BCUT2D eigenvalue weighted by Gasteiger charge is 2.36. The Labute approximate surface area is 131 Å². The smallest absolute Gasteiger partial charge is 0.331 e. The number of amides is 1. The normalized spacial score (nSPS) is 32.9. The highest BCUT2D eigenvalue weighted by Crippen LogP contribution is 2.42. The van der Waals surface area contributed by atoms with Crippen LogP contribution in [0.3, 0.4) is 0 Å². The molecule has 2 fully saturated rings. The Morgan fingerprint density at radius 1 is 1.52 bits per heavy atom. The first-order valence-electron chi connectivity index (χ1n) is 7.71. The molecule has 1 aliphatic heterocycles. The highest BCUT2D eigenvalue weighted by atomic mass is 32.2. The molecule has 4 nitrogen and oxygen atoms in total. The minimum absolute atomic E-state index is 0.0386. The van der Waals surface area contributed by atoms with E-state index in [2.05, 4.69) is 26.1 Å². The SMILES string of the molecule is CC(C)[C@@]1(C)CCC[C@H](OC(=O)C=CS[C@@H]2CC(=O)N2)C1. The van der Waals surface area contributed by atoms with Gasteiger partial charge in [0.15, 0.2) is 0 Å². The number of hydrogen-bond acceptors (Lipinski definition) is 4. The molecular formula is C16H25NO3S. The molecule has 1 saturated heterocycles. The van der Waals surface area contributed by atoms with Gasteiger partial charge in [-0.1, -0.05) is 20.8 Å². The standard InChI is InChI=1S/C16H25NO3S/c1-11(2)16(3)7-4-5-12(10-16)20-15(19)6-8-21-14-9-13(18)17-14/h6,8,11-12,14H,4-5,7,9-10H2,1-3H3,(H,17,18)/t12-,14+,16-/m0/s1. The summed E-state index contributed by atoms with van der Waals surface area (Å²) in [6.45, 7) is 6.78. The average Bonchev–Trinajstić information content (AvgIpc) is 2.36. The van der Waals surface area contributed by atoms with Gasteiger partial charge in [-0.2, -0.15) is 0 Å². The van der Waals surface area contributed by atoms with Crippen molar-refractivity contribution in [2.75, 3.05) is 0 Å². The van der Waals surface area contributed by atoms with E-state index in [1.54, 1.807) is 5.41 Å². The Balaban J connectivity index is 1.74. The summed E-state index contributed by atoms with van der Waals surface area (Å²) in [4.78, 5) is 22.6. The van der Waals surface area contributed by atoms with Crippen molar-refractivity contribution in [2.45, 2.75) is 64.4 Å². The third kappa shape index (κ3) is 4.50. The van der Waals surface area contributed by atoms with Crippen molar-refractivity contribution in [1.29, 1.82) is 0 Å². The Morgan fingerprint density at radius 3 is 2.86 bits per heavy atom. The lowest BCUT2D eigenvalue weighted by molar-refractivity contribution is -0.147. The molecule has 0 aromatic rings. The number of rotatable bonds is 5. The predicted octanol–water partition coefficient (Wildman–Crippen LogP) is 3.23. The number of esters is 1. The summed E-state index contributed by atoms with van der Waals surface area (Å²) >= 11 is 1.45. The van der Waals surface area contributed by atoms with Gasteiger partial charge < -0.3 is 10.1 Å². The Bertz CT molecular complexity index is 427. The molecule has 3 atom stereocenters. The van der Waals surface area contributed by atoms with Crippen LogP contribution in [0.5, 0.6) is 0 Å².